The molecule has 0 aliphatic carbocycles. The fourth-order valence-corrected chi connectivity index (χ4v) is 5.63. The molecule has 0 radical (unpaired) electrons. The SMILES string of the molecule is Cc1cn([C@@H]2CC(O)[C@H](COP(=O)(NCc3ccccc3)OCSC(=O)C(C)(C)CO)O2)c(=O)[nH]c1=O. The van der Waals surface area contributed by atoms with Crippen LogP contribution in [0.1, 0.15) is 37.6 Å². The minimum atomic E-state index is -3.99. The highest BCUT2D eigenvalue weighted by Crippen LogP contribution is 2.46. The molecule has 4 atom stereocenters. The summed E-state index contributed by atoms with van der Waals surface area (Å²) in [5, 5.41) is 22.3. The summed E-state index contributed by atoms with van der Waals surface area (Å²) in [4.78, 5) is 38.3. The number of hydrogen-bond donors (Lipinski definition) is 4. The van der Waals surface area contributed by atoms with Gasteiger partial charge in [-0.2, -0.15) is 0 Å². The van der Waals surface area contributed by atoms with Gasteiger partial charge in [0.2, 0.25) is 0 Å². The molecule has 2 unspecified atom stereocenters. The molecule has 1 aliphatic heterocycles. The first kappa shape index (κ1) is 29.5. The van der Waals surface area contributed by atoms with Gasteiger partial charge in [-0.25, -0.2) is 14.4 Å². The zero-order valence-corrected chi connectivity index (χ0v) is 22.5. The van der Waals surface area contributed by atoms with E-state index in [1.807, 2.05) is 30.3 Å². The molecule has 0 amide bonds. The summed E-state index contributed by atoms with van der Waals surface area (Å²) in [5.74, 6) is -0.302. The lowest BCUT2D eigenvalue weighted by atomic mass is 9.97. The van der Waals surface area contributed by atoms with Gasteiger partial charge < -0.3 is 14.9 Å². The van der Waals surface area contributed by atoms with Crippen LogP contribution in [0.25, 0.3) is 0 Å². The Labute approximate surface area is 217 Å². The van der Waals surface area contributed by atoms with Gasteiger partial charge in [-0.3, -0.25) is 28.2 Å². The molecule has 2 aromatic rings. The lowest BCUT2D eigenvalue weighted by Gasteiger charge is -2.23. The average molecular weight is 558 g/mol. The van der Waals surface area contributed by atoms with Crippen molar-refractivity contribution < 1.29 is 33.4 Å². The van der Waals surface area contributed by atoms with E-state index in [0.29, 0.717) is 5.56 Å². The van der Waals surface area contributed by atoms with Gasteiger partial charge in [0, 0.05) is 24.7 Å². The van der Waals surface area contributed by atoms with Crippen molar-refractivity contribution in [2.24, 2.45) is 5.41 Å². The molecule has 0 saturated carbocycles. The van der Waals surface area contributed by atoms with Crippen LogP contribution >= 0.6 is 19.5 Å². The molecular weight excluding hydrogens is 525 g/mol. The third-order valence-corrected chi connectivity index (χ3v) is 8.48. The van der Waals surface area contributed by atoms with Gasteiger partial charge in [0.05, 0.1) is 24.7 Å². The predicted molar refractivity (Wildman–Crippen MR) is 137 cm³/mol. The molecule has 0 bridgehead atoms. The smallest absolute Gasteiger partial charge is 0.395 e. The average Bonchev–Trinajstić information content (AvgIpc) is 3.24. The Morgan fingerprint density at radius 1 is 1.30 bits per heavy atom. The predicted octanol–water partition coefficient (Wildman–Crippen LogP) is 1.66. The molecule has 3 rings (SSSR count). The number of aromatic amines is 1. The minimum Gasteiger partial charge on any atom is -0.395 e. The number of hydrogen-bond acceptors (Lipinski definition) is 10. The molecule has 14 heteroatoms. The normalized spacial score (nSPS) is 21.6. The number of aromatic nitrogens is 2. The summed E-state index contributed by atoms with van der Waals surface area (Å²) in [5.41, 5.74) is -1.08. The van der Waals surface area contributed by atoms with Crippen LogP contribution < -0.4 is 16.3 Å². The number of carbonyl (C=O) groups is 1. The van der Waals surface area contributed by atoms with Gasteiger partial charge in [-0.1, -0.05) is 42.1 Å². The monoisotopic (exact) mass is 557 g/mol. The van der Waals surface area contributed by atoms with E-state index in [4.69, 9.17) is 13.8 Å². The zero-order valence-electron chi connectivity index (χ0n) is 20.8. The van der Waals surface area contributed by atoms with Crippen LogP contribution in [-0.4, -0.2) is 56.2 Å². The molecule has 12 nitrogen and oxygen atoms in total. The quantitative estimate of drug-likeness (QED) is 0.221. The van der Waals surface area contributed by atoms with Gasteiger partial charge in [0.1, 0.15) is 18.3 Å². The van der Waals surface area contributed by atoms with Crippen LogP contribution in [0, 0.1) is 12.3 Å². The Hall–Kier alpha value is -2.09. The highest BCUT2D eigenvalue weighted by molar-refractivity contribution is 8.13. The molecule has 2 heterocycles. The molecular formula is C23H32N3O9PS. The molecule has 0 spiro atoms. The van der Waals surface area contributed by atoms with Crippen molar-refractivity contribution in [3.05, 3.63) is 68.5 Å². The Bertz CT molecular complexity index is 1230. The summed E-state index contributed by atoms with van der Waals surface area (Å²) in [6.45, 7) is 4.15. The largest absolute Gasteiger partial charge is 0.406 e. The van der Waals surface area contributed by atoms with E-state index in [9.17, 15) is 29.2 Å². The number of rotatable bonds is 12. The molecule has 1 saturated heterocycles. The number of nitrogens with zero attached hydrogens (tertiary/aromatic N) is 1. The second-order valence-corrected chi connectivity index (χ2v) is 12.0. The topological polar surface area (TPSA) is 169 Å². The number of thioether (sulfide) groups is 1. The number of ether oxygens (including phenoxy) is 1. The Balaban J connectivity index is 1.66. The lowest BCUT2D eigenvalue weighted by Crippen LogP contribution is -2.33. The van der Waals surface area contributed by atoms with E-state index >= 15 is 0 Å². The molecule has 1 aromatic carbocycles. The summed E-state index contributed by atoms with van der Waals surface area (Å²) >= 11 is 0.756. The lowest BCUT2D eigenvalue weighted by molar-refractivity contribution is -0.119. The van der Waals surface area contributed by atoms with Gasteiger partial charge >= 0.3 is 13.4 Å². The van der Waals surface area contributed by atoms with Crippen molar-refractivity contribution in [3.8, 4) is 0 Å². The Kier molecular flexibility index (Phi) is 10.1. The maximum atomic E-state index is 13.5. The first-order chi connectivity index (χ1) is 17.4. The van der Waals surface area contributed by atoms with Gasteiger partial charge in [-0.15, -0.1) is 0 Å². The Morgan fingerprint density at radius 3 is 2.68 bits per heavy atom. The highest BCUT2D eigenvalue weighted by atomic mass is 32.2. The second kappa shape index (κ2) is 12.6. The number of benzene rings is 1. The van der Waals surface area contributed by atoms with E-state index in [1.165, 1.54) is 17.7 Å². The first-order valence-electron chi connectivity index (χ1n) is 11.6. The van der Waals surface area contributed by atoms with Crippen molar-refractivity contribution in [1.29, 1.82) is 0 Å². The van der Waals surface area contributed by atoms with Crippen molar-refractivity contribution in [2.45, 2.75) is 52.2 Å². The summed E-state index contributed by atoms with van der Waals surface area (Å²) < 4.78 is 31.5. The summed E-state index contributed by atoms with van der Waals surface area (Å²) in [6, 6.07) is 9.11. The summed E-state index contributed by atoms with van der Waals surface area (Å²) in [7, 11) is -3.99. The van der Waals surface area contributed by atoms with Gasteiger partial charge in [-0.05, 0) is 26.3 Å². The molecule has 1 aliphatic rings. The zero-order chi connectivity index (χ0) is 27.2. The van der Waals surface area contributed by atoms with E-state index in [2.05, 4.69) is 10.1 Å². The van der Waals surface area contributed by atoms with E-state index in [1.54, 1.807) is 13.8 Å². The molecule has 1 aromatic heterocycles. The van der Waals surface area contributed by atoms with Crippen LogP contribution in [-0.2, 0) is 29.7 Å². The van der Waals surface area contributed by atoms with Crippen LogP contribution in [0.4, 0.5) is 0 Å². The third-order valence-electron chi connectivity index (χ3n) is 5.75. The highest BCUT2D eigenvalue weighted by Gasteiger charge is 2.38. The van der Waals surface area contributed by atoms with Gasteiger partial charge in [0.25, 0.3) is 5.56 Å². The van der Waals surface area contributed by atoms with E-state index in [-0.39, 0.29) is 37.2 Å². The van der Waals surface area contributed by atoms with Crippen molar-refractivity contribution in [2.75, 3.05) is 19.2 Å². The fourth-order valence-electron chi connectivity index (χ4n) is 3.33. The maximum absolute atomic E-state index is 13.5. The van der Waals surface area contributed by atoms with E-state index in [0.717, 1.165) is 17.3 Å². The summed E-state index contributed by atoms with van der Waals surface area (Å²) in [6.07, 6.45) is -1.46. The van der Waals surface area contributed by atoms with Crippen molar-refractivity contribution in [1.82, 2.24) is 14.6 Å². The fraction of sp³-hybridized carbons (Fsp3) is 0.522. The Morgan fingerprint density at radius 2 is 2.00 bits per heavy atom. The number of carbonyl (C=O) groups excluding carboxylic acids is 1. The minimum absolute atomic E-state index is 0.0443. The first-order valence-corrected chi connectivity index (χ1v) is 14.1. The van der Waals surface area contributed by atoms with Gasteiger partial charge in [0.15, 0.2) is 5.12 Å². The number of aliphatic hydroxyl groups excluding tert-OH is 2. The number of aliphatic hydroxyl groups is 2. The van der Waals surface area contributed by atoms with Crippen LogP contribution in [0.2, 0.25) is 0 Å². The van der Waals surface area contributed by atoms with Crippen LogP contribution in [0.15, 0.2) is 46.1 Å². The van der Waals surface area contributed by atoms with Crippen molar-refractivity contribution >= 4 is 24.6 Å². The molecule has 4 N–H and O–H groups in total. The molecule has 37 heavy (non-hydrogen) atoms. The number of nitrogens with one attached hydrogen (secondary N) is 2. The maximum Gasteiger partial charge on any atom is 0.406 e. The number of aryl methyl sites for hydroxylation is 1. The van der Waals surface area contributed by atoms with Crippen LogP contribution in [0.5, 0.6) is 0 Å². The second-order valence-electron chi connectivity index (χ2n) is 9.25. The standard InChI is InChI=1S/C23H32N3O9PS/c1-15-11-26(22(31)25-20(15)29)19-9-17(28)18(35-19)12-33-36(32,24-10-16-7-5-4-6-8-16)34-14-37-21(30)23(2,3)13-27/h4-8,11,17-19,27-28H,9-10,12-14H2,1-3H3,(H,24,32)(H,25,29,31)/t17?,18-,19-,36?/m0/s1. The number of H-pyrrole nitrogens is 1. The van der Waals surface area contributed by atoms with E-state index < -0.39 is 42.8 Å². The molecule has 1 fully saturated rings. The van der Waals surface area contributed by atoms with Crippen molar-refractivity contribution in [3.63, 3.8) is 0 Å². The third kappa shape index (κ3) is 7.95. The molecule has 204 valence electrons. The van der Waals surface area contributed by atoms with Crippen LogP contribution in [0.3, 0.4) is 0 Å².